The van der Waals surface area contributed by atoms with Crippen LogP contribution in [0, 0.1) is 5.92 Å². The van der Waals surface area contributed by atoms with E-state index in [-0.39, 0.29) is 12.1 Å². The fraction of sp³-hybridized carbons (Fsp3) is 1.00. The molecule has 0 radical (unpaired) electrons. The highest BCUT2D eigenvalue weighted by molar-refractivity contribution is 9.09. The van der Waals surface area contributed by atoms with Crippen LogP contribution in [0.1, 0.15) is 45.4 Å². The lowest BCUT2D eigenvalue weighted by Gasteiger charge is -2.40. The number of rotatable bonds is 2. The first kappa shape index (κ1) is 14.3. The predicted molar refractivity (Wildman–Crippen MR) is 79.5 cm³/mol. The monoisotopic (exact) mass is 350 g/mol. The first-order valence-electron chi connectivity index (χ1n) is 7.41. The molecule has 0 N–H and O–H groups in total. The third-order valence-corrected chi connectivity index (χ3v) is 7.68. The maximum absolute atomic E-state index is 12.9. The first-order chi connectivity index (χ1) is 8.98. The van der Waals surface area contributed by atoms with E-state index in [0.717, 1.165) is 38.5 Å². The summed E-state index contributed by atoms with van der Waals surface area (Å²) in [4.78, 5) is 0.497. The maximum Gasteiger partial charge on any atom is 0.282 e. The van der Waals surface area contributed by atoms with Gasteiger partial charge in [-0.2, -0.15) is 17.0 Å². The Morgan fingerprint density at radius 1 is 1.11 bits per heavy atom. The van der Waals surface area contributed by atoms with Gasteiger partial charge in [-0.15, -0.1) is 0 Å². The molecule has 0 aromatic heterocycles. The highest BCUT2D eigenvalue weighted by atomic mass is 79.9. The predicted octanol–water partition coefficient (Wildman–Crippen LogP) is 2.35. The van der Waals surface area contributed by atoms with Crippen LogP contribution in [-0.2, 0) is 10.2 Å². The van der Waals surface area contributed by atoms with Gasteiger partial charge in [0.05, 0.1) is 0 Å². The molecule has 0 aromatic carbocycles. The molecule has 3 heterocycles. The summed E-state index contributed by atoms with van der Waals surface area (Å²) in [5, 5.41) is 0. The van der Waals surface area contributed by atoms with Crippen LogP contribution in [-0.4, -0.2) is 47.0 Å². The smallest absolute Gasteiger partial charge is 0.195 e. The van der Waals surface area contributed by atoms with E-state index in [1.54, 1.807) is 4.31 Å². The third-order valence-electron chi connectivity index (χ3n) is 4.82. The molecule has 4 nitrogen and oxygen atoms in total. The zero-order valence-electron chi connectivity index (χ0n) is 11.5. The molecule has 3 fully saturated rings. The Hall–Kier alpha value is 0.350. The Labute approximate surface area is 124 Å². The highest BCUT2D eigenvalue weighted by Crippen LogP contribution is 2.41. The summed E-state index contributed by atoms with van der Waals surface area (Å²) in [7, 11) is -3.23. The molecule has 3 unspecified atom stereocenters. The first-order valence-corrected chi connectivity index (χ1v) is 9.72. The molecule has 2 bridgehead atoms. The second-order valence-corrected chi connectivity index (χ2v) is 9.53. The van der Waals surface area contributed by atoms with Crippen LogP contribution < -0.4 is 0 Å². The molecule has 3 saturated heterocycles. The van der Waals surface area contributed by atoms with Crippen LogP contribution in [0.3, 0.4) is 0 Å². The van der Waals surface area contributed by atoms with Crippen molar-refractivity contribution in [1.82, 2.24) is 8.61 Å². The Kier molecular flexibility index (Phi) is 3.97. The van der Waals surface area contributed by atoms with Gasteiger partial charge in [-0.05, 0) is 44.4 Å². The minimum atomic E-state index is -3.23. The molecule has 0 amide bonds. The van der Waals surface area contributed by atoms with Gasteiger partial charge >= 0.3 is 0 Å². The summed E-state index contributed by atoms with van der Waals surface area (Å²) >= 11 is 3.67. The van der Waals surface area contributed by atoms with Crippen LogP contribution in [0.4, 0.5) is 0 Å². The molecule has 0 aromatic rings. The summed E-state index contributed by atoms with van der Waals surface area (Å²) < 4.78 is 29.4. The van der Waals surface area contributed by atoms with Gasteiger partial charge < -0.3 is 0 Å². The fourth-order valence-electron chi connectivity index (χ4n) is 3.93. The summed E-state index contributed by atoms with van der Waals surface area (Å²) in [5.74, 6) is 0.495. The molecule has 19 heavy (non-hydrogen) atoms. The van der Waals surface area contributed by atoms with E-state index in [4.69, 9.17) is 0 Å². The Morgan fingerprint density at radius 2 is 1.74 bits per heavy atom. The summed E-state index contributed by atoms with van der Waals surface area (Å²) in [6.45, 7) is 3.57. The summed E-state index contributed by atoms with van der Waals surface area (Å²) in [6.07, 6.45) is 6.18. The van der Waals surface area contributed by atoms with Gasteiger partial charge in [-0.3, -0.25) is 0 Å². The van der Waals surface area contributed by atoms with E-state index < -0.39 is 10.2 Å². The molecule has 110 valence electrons. The molecule has 0 aliphatic carbocycles. The van der Waals surface area contributed by atoms with Crippen molar-refractivity contribution in [3.05, 3.63) is 0 Å². The van der Waals surface area contributed by atoms with Crippen LogP contribution >= 0.6 is 15.9 Å². The average molecular weight is 351 g/mol. The van der Waals surface area contributed by atoms with Gasteiger partial charge in [-0.25, -0.2) is 0 Å². The molecule has 3 rings (SSSR count). The minimum Gasteiger partial charge on any atom is -0.195 e. The van der Waals surface area contributed by atoms with E-state index in [9.17, 15) is 8.42 Å². The number of hydrogen-bond acceptors (Lipinski definition) is 2. The number of piperidine rings is 2. The van der Waals surface area contributed by atoms with E-state index in [2.05, 4.69) is 22.9 Å². The molecule has 0 spiro atoms. The molecule has 6 heteroatoms. The number of nitrogens with zero attached hydrogens (tertiary/aromatic N) is 2. The van der Waals surface area contributed by atoms with E-state index >= 15 is 0 Å². The Morgan fingerprint density at radius 3 is 2.32 bits per heavy atom. The van der Waals surface area contributed by atoms with Crippen molar-refractivity contribution in [2.45, 2.75) is 62.4 Å². The average Bonchev–Trinajstić information content (AvgIpc) is 2.63. The van der Waals surface area contributed by atoms with E-state index in [1.165, 1.54) is 0 Å². The van der Waals surface area contributed by atoms with E-state index in [0.29, 0.717) is 23.8 Å². The van der Waals surface area contributed by atoms with Crippen molar-refractivity contribution < 1.29 is 8.42 Å². The number of alkyl halides is 1. The van der Waals surface area contributed by atoms with Gasteiger partial charge in [0.2, 0.25) is 0 Å². The maximum atomic E-state index is 12.9. The van der Waals surface area contributed by atoms with E-state index in [1.807, 2.05) is 4.31 Å². The summed E-state index contributed by atoms with van der Waals surface area (Å²) in [6, 6.07) is 0.454. The van der Waals surface area contributed by atoms with Gasteiger partial charge in [-0.1, -0.05) is 22.9 Å². The normalized spacial score (nSPS) is 41.6. The van der Waals surface area contributed by atoms with Crippen molar-refractivity contribution in [3.8, 4) is 0 Å². The number of hydrogen-bond donors (Lipinski definition) is 0. The SMILES string of the molecule is CC1CCCN(S(=O)(=O)N2C3CCC2CC(Br)C3)C1. The van der Waals surface area contributed by atoms with Crippen LogP contribution in [0.2, 0.25) is 0 Å². The van der Waals surface area contributed by atoms with Crippen molar-refractivity contribution >= 4 is 26.1 Å². The Bertz CT molecular complexity index is 428. The standard InChI is InChI=1S/C13H23BrN2O2S/c1-10-3-2-6-15(9-10)19(17,18)16-12-4-5-13(16)8-11(14)7-12/h10-13H,2-9H2,1H3. The zero-order valence-corrected chi connectivity index (χ0v) is 13.9. The van der Waals surface area contributed by atoms with Crippen molar-refractivity contribution in [3.63, 3.8) is 0 Å². The minimum absolute atomic E-state index is 0.227. The van der Waals surface area contributed by atoms with Crippen LogP contribution in [0.25, 0.3) is 0 Å². The lowest BCUT2D eigenvalue weighted by Crippen LogP contribution is -2.54. The summed E-state index contributed by atoms with van der Waals surface area (Å²) in [5.41, 5.74) is 0. The quantitative estimate of drug-likeness (QED) is 0.717. The van der Waals surface area contributed by atoms with Crippen molar-refractivity contribution in [2.24, 2.45) is 5.92 Å². The van der Waals surface area contributed by atoms with Gasteiger partial charge in [0.1, 0.15) is 0 Å². The zero-order chi connectivity index (χ0) is 13.6. The highest BCUT2D eigenvalue weighted by Gasteiger charge is 2.48. The second kappa shape index (κ2) is 5.28. The number of fused-ring (bicyclic) bond motifs is 2. The van der Waals surface area contributed by atoms with Gasteiger partial charge in [0.15, 0.2) is 0 Å². The van der Waals surface area contributed by atoms with Gasteiger partial charge in [0.25, 0.3) is 10.2 Å². The third kappa shape index (κ3) is 2.61. The van der Waals surface area contributed by atoms with Crippen molar-refractivity contribution in [1.29, 1.82) is 0 Å². The van der Waals surface area contributed by atoms with Crippen LogP contribution in [0.5, 0.6) is 0 Å². The molecule has 3 atom stereocenters. The molecular weight excluding hydrogens is 328 g/mol. The lowest BCUT2D eigenvalue weighted by molar-refractivity contribution is 0.210. The molecular formula is C13H23BrN2O2S. The largest absolute Gasteiger partial charge is 0.282 e. The fourth-order valence-corrected chi connectivity index (χ4v) is 7.00. The van der Waals surface area contributed by atoms with Gasteiger partial charge in [0, 0.05) is 30.0 Å². The van der Waals surface area contributed by atoms with Crippen molar-refractivity contribution in [2.75, 3.05) is 13.1 Å². The molecule has 0 saturated carbocycles. The molecule has 3 aliphatic rings. The second-order valence-electron chi connectivity index (χ2n) is 6.40. The Balaban J connectivity index is 1.81. The molecule has 3 aliphatic heterocycles. The van der Waals surface area contributed by atoms with Crippen LogP contribution in [0.15, 0.2) is 0 Å². The lowest BCUT2D eigenvalue weighted by atomic mass is 10.0. The number of halogens is 1. The topological polar surface area (TPSA) is 40.6 Å².